The molecule has 0 bridgehead atoms. The summed E-state index contributed by atoms with van der Waals surface area (Å²) in [5.74, 6) is 1.62. The Kier molecular flexibility index (Phi) is 6.14. The van der Waals surface area contributed by atoms with Gasteiger partial charge in [0.2, 0.25) is 0 Å². The summed E-state index contributed by atoms with van der Waals surface area (Å²) in [7, 11) is 3.10. The van der Waals surface area contributed by atoms with Crippen LogP contribution < -0.4 is 14.8 Å². The number of hydrogen-bond donors (Lipinski definition) is 1. The van der Waals surface area contributed by atoms with Crippen molar-refractivity contribution >= 4 is 34.1 Å². The van der Waals surface area contributed by atoms with Gasteiger partial charge in [-0.05, 0) is 30.3 Å². The number of amides is 1. The van der Waals surface area contributed by atoms with E-state index < -0.39 is 0 Å². The number of methoxy groups -OCH3 is 2. The van der Waals surface area contributed by atoms with Crippen molar-refractivity contribution in [2.75, 3.05) is 19.5 Å². The second-order valence-corrected chi connectivity index (χ2v) is 7.18. The van der Waals surface area contributed by atoms with Crippen molar-refractivity contribution in [1.29, 1.82) is 0 Å². The Hall–Kier alpha value is -2.51. The van der Waals surface area contributed by atoms with Gasteiger partial charge in [0.15, 0.2) is 16.6 Å². The van der Waals surface area contributed by atoms with Crippen LogP contribution in [-0.2, 0) is 5.75 Å². The third-order valence-electron chi connectivity index (χ3n) is 3.55. The largest absolute Gasteiger partial charge is 0.493 e. The molecule has 0 spiro atoms. The highest BCUT2D eigenvalue weighted by molar-refractivity contribution is 7.98. The Morgan fingerprint density at radius 1 is 1.12 bits per heavy atom. The molecular formula is C19H18N2O3S2. The highest BCUT2D eigenvalue weighted by Gasteiger charge is 2.13. The van der Waals surface area contributed by atoms with Gasteiger partial charge in [-0.3, -0.25) is 10.1 Å². The molecule has 7 heteroatoms. The summed E-state index contributed by atoms with van der Waals surface area (Å²) >= 11 is 3.13. The number of rotatable bonds is 7. The molecule has 1 aromatic heterocycles. The van der Waals surface area contributed by atoms with E-state index in [2.05, 4.69) is 22.4 Å². The van der Waals surface area contributed by atoms with Crippen LogP contribution in [-0.4, -0.2) is 25.1 Å². The lowest BCUT2D eigenvalue weighted by Crippen LogP contribution is -2.12. The van der Waals surface area contributed by atoms with Gasteiger partial charge >= 0.3 is 0 Å². The average Bonchev–Trinajstić information content (AvgIpc) is 3.13. The van der Waals surface area contributed by atoms with Crippen molar-refractivity contribution in [3.05, 3.63) is 65.2 Å². The normalized spacial score (nSPS) is 10.4. The van der Waals surface area contributed by atoms with E-state index in [-0.39, 0.29) is 5.91 Å². The standard InChI is InChI=1S/C19H18N2O3S2/c1-23-16-9-8-13(10-17(16)24-2)18(22)21-19-20-14(12-26-19)11-25-15-6-4-3-5-7-15/h3-10,12H,11H2,1-2H3,(H,20,21,22). The maximum Gasteiger partial charge on any atom is 0.257 e. The number of benzene rings is 2. The molecule has 2 aromatic carbocycles. The van der Waals surface area contributed by atoms with Crippen LogP contribution in [0.1, 0.15) is 16.1 Å². The van der Waals surface area contributed by atoms with E-state index in [1.165, 1.54) is 23.3 Å². The van der Waals surface area contributed by atoms with Crippen molar-refractivity contribution in [3.8, 4) is 11.5 Å². The Morgan fingerprint density at radius 3 is 2.62 bits per heavy atom. The number of nitrogens with zero attached hydrogens (tertiary/aromatic N) is 1. The van der Waals surface area contributed by atoms with Crippen LogP contribution in [0.3, 0.4) is 0 Å². The molecule has 26 heavy (non-hydrogen) atoms. The number of carbonyl (C=O) groups is 1. The fraction of sp³-hybridized carbons (Fsp3) is 0.158. The molecular weight excluding hydrogens is 368 g/mol. The van der Waals surface area contributed by atoms with Crippen LogP contribution in [0.4, 0.5) is 5.13 Å². The molecule has 0 radical (unpaired) electrons. The van der Waals surface area contributed by atoms with Crippen LogP contribution in [0.5, 0.6) is 11.5 Å². The first-order valence-electron chi connectivity index (χ1n) is 7.85. The average molecular weight is 386 g/mol. The second-order valence-electron chi connectivity index (χ2n) is 5.27. The van der Waals surface area contributed by atoms with Gasteiger partial charge in [-0.2, -0.15) is 0 Å². The molecule has 1 N–H and O–H groups in total. The Bertz CT molecular complexity index is 882. The topological polar surface area (TPSA) is 60.5 Å². The van der Waals surface area contributed by atoms with Crippen molar-refractivity contribution in [2.45, 2.75) is 10.6 Å². The van der Waals surface area contributed by atoms with E-state index in [0.29, 0.717) is 22.2 Å². The minimum Gasteiger partial charge on any atom is -0.493 e. The first-order chi connectivity index (χ1) is 12.7. The number of nitrogens with one attached hydrogen (secondary N) is 1. The SMILES string of the molecule is COc1ccc(C(=O)Nc2nc(CSc3ccccc3)cs2)cc1OC. The Morgan fingerprint density at radius 2 is 1.88 bits per heavy atom. The lowest BCUT2D eigenvalue weighted by molar-refractivity contribution is 0.102. The molecule has 0 aliphatic carbocycles. The van der Waals surface area contributed by atoms with Crippen LogP contribution in [0.15, 0.2) is 58.8 Å². The van der Waals surface area contributed by atoms with Gasteiger partial charge in [-0.15, -0.1) is 23.1 Å². The van der Waals surface area contributed by atoms with Crippen molar-refractivity contribution < 1.29 is 14.3 Å². The van der Waals surface area contributed by atoms with E-state index >= 15 is 0 Å². The summed E-state index contributed by atoms with van der Waals surface area (Å²) in [6.07, 6.45) is 0. The fourth-order valence-electron chi connectivity index (χ4n) is 2.25. The summed E-state index contributed by atoms with van der Waals surface area (Å²) in [6.45, 7) is 0. The predicted octanol–water partition coefficient (Wildman–Crippen LogP) is 4.70. The van der Waals surface area contributed by atoms with E-state index in [0.717, 1.165) is 11.4 Å². The zero-order valence-electron chi connectivity index (χ0n) is 14.4. The summed E-state index contributed by atoms with van der Waals surface area (Å²) in [4.78, 5) is 18.1. The third-order valence-corrected chi connectivity index (χ3v) is 5.40. The molecule has 1 amide bonds. The molecule has 0 saturated carbocycles. The highest BCUT2D eigenvalue weighted by atomic mass is 32.2. The summed E-state index contributed by atoms with van der Waals surface area (Å²) < 4.78 is 10.4. The van der Waals surface area contributed by atoms with Crippen molar-refractivity contribution in [1.82, 2.24) is 4.98 Å². The molecule has 0 aliphatic rings. The van der Waals surface area contributed by atoms with Gasteiger partial charge in [0.1, 0.15) is 0 Å². The summed E-state index contributed by atoms with van der Waals surface area (Å²) in [5, 5.41) is 5.36. The first-order valence-corrected chi connectivity index (χ1v) is 9.71. The number of thiazole rings is 1. The van der Waals surface area contributed by atoms with Gasteiger partial charge in [-0.25, -0.2) is 4.98 Å². The minimum absolute atomic E-state index is 0.234. The molecule has 134 valence electrons. The zero-order chi connectivity index (χ0) is 18.4. The fourth-order valence-corrected chi connectivity index (χ4v) is 3.87. The molecule has 1 heterocycles. The molecule has 3 aromatic rings. The predicted molar refractivity (Wildman–Crippen MR) is 106 cm³/mol. The van der Waals surface area contributed by atoms with E-state index in [1.54, 1.807) is 37.1 Å². The van der Waals surface area contributed by atoms with Gasteiger partial charge in [0, 0.05) is 21.6 Å². The summed E-state index contributed by atoms with van der Waals surface area (Å²) in [6, 6.07) is 15.2. The smallest absolute Gasteiger partial charge is 0.257 e. The van der Waals surface area contributed by atoms with Crippen LogP contribution in [0.2, 0.25) is 0 Å². The molecule has 0 fully saturated rings. The van der Waals surface area contributed by atoms with Crippen molar-refractivity contribution in [3.63, 3.8) is 0 Å². The van der Waals surface area contributed by atoms with Gasteiger partial charge in [-0.1, -0.05) is 18.2 Å². The number of carbonyl (C=O) groups excluding carboxylic acids is 1. The zero-order valence-corrected chi connectivity index (χ0v) is 16.0. The summed E-state index contributed by atoms with van der Waals surface area (Å²) in [5.41, 5.74) is 1.42. The maximum absolute atomic E-state index is 12.4. The van der Waals surface area contributed by atoms with E-state index in [1.807, 2.05) is 23.6 Å². The monoisotopic (exact) mass is 386 g/mol. The molecule has 0 aliphatic heterocycles. The lowest BCUT2D eigenvalue weighted by Gasteiger charge is -2.09. The number of aromatic nitrogens is 1. The highest BCUT2D eigenvalue weighted by Crippen LogP contribution is 2.28. The Labute approximate surface area is 160 Å². The molecule has 3 rings (SSSR count). The van der Waals surface area contributed by atoms with Crippen LogP contribution in [0.25, 0.3) is 0 Å². The molecule has 5 nitrogen and oxygen atoms in total. The van der Waals surface area contributed by atoms with Gasteiger partial charge in [0.05, 0.1) is 19.9 Å². The minimum atomic E-state index is -0.234. The van der Waals surface area contributed by atoms with E-state index in [9.17, 15) is 4.79 Å². The van der Waals surface area contributed by atoms with Gasteiger partial charge < -0.3 is 9.47 Å². The van der Waals surface area contributed by atoms with Crippen LogP contribution >= 0.6 is 23.1 Å². The number of thioether (sulfide) groups is 1. The number of ether oxygens (including phenoxy) is 2. The maximum atomic E-state index is 12.4. The van der Waals surface area contributed by atoms with Crippen LogP contribution in [0, 0.1) is 0 Å². The molecule has 0 saturated heterocycles. The van der Waals surface area contributed by atoms with E-state index in [4.69, 9.17) is 9.47 Å². The molecule has 0 atom stereocenters. The lowest BCUT2D eigenvalue weighted by atomic mass is 10.2. The van der Waals surface area contributed by atoms with Gasteiger partial charge in [0.25, 0.3) is 5.91 Å². The first kappa shape index (κ1) is 18.3. The number of hydrogen-bond acceptors (Lipinski definition) is 6. The second kappa shape index (κ2) is 8.73. The Balaban J connectivity index is 1.62. The number of anilines is 1. The quantitative estimate of drug-likeness (QED) is 0.596. The third kappa shape index (κ3) is 4.56. The van der Waals surface area contributed by atoms with Crippen molar-refractivity contribution in [2.24, 2.45) is 0 Å². The molecule has 0 unspecified atom stereocenters.